The van der Waals surface area contributed by atoms with Crippen molar-refractivity contribution in [1.82, 2.24) is 19.7 Å². The monoisotopic (exact) mass is 273 g/mol. The molecule has 2 rings (SSSR count). The third-order valence-electron chi connectivity index (χ3n) is 2.17. The molecule has 0 aromatic carbocycles. The van der Waals surface area contributed by atoms with E-state index < -0.39 is 11.9 Å². The quantitative estimate of drug-likeness (QED) is 0.914. The summed E-state index contributed by atoms with van der Waals surface area (Å²) in [5.41, 5.74) is 4.55. The van der Waals surface area contributed by atoms with Crippen LogP contribution < -0.4 is 5.73 Å². The van der Waals surface area contributed by atoms with Gasteiger partial charge in [0.2, 0.25) is 0 Å². The fraction of sp³-hybridized carbons (Fsp3) is 0.300. The van der Waals surface area contributed by atoms with Gasteiger partial charge in [0.05, 0.1) is 0 Å². The van der Waals surface area contributed by atoms with Crippen molar-refractivity contribution in [3.05, 3.63) is 29.8 Å². The van der Waals surface area contributed by atoms with Crippen molar-refractivity contribution < 1.29 is 17.9 Å². The molecule has 102 valence electrons. The Labute approximate surface area is 106 Å². The highest BCUT2D eigenvalue weighted by atomic mass is 19.4. The van der Waals surface area contributed by atoms with Crippen LogP contribution in [-0.2, 0) is 17.5 Å². The van der Waals surface area contributed by atoms with Gasteiger partial charge in [-0.3, -0.25) is 0 Å². The fourth-order valence-electron chi connectivity index (χ4n) is 1.42. The molecule has 0 fully saturated rings. The van der Waals surface area contributed by atoms with Crippen molar-refractivity contribution in [1.29, 1.82) is 0 Å². The first-order chi connectivity index (χ1) is 8.90. The molecule has 0 amide bonds. The lowest BCUT2D eigenvalue weighted by atomic mass is 10.4. The molecule has 2 heterocycles. The van der Waals surface area contributed by atoms with E-state index in [0.29, 0.717) is 0 Å². The number of methoxy groups -OCH3 is 1. The van der Waals surface area contributed by atoms with E-state index in [9.17, 15) is 13.2 Å². The van der Waals surface area contributed by atoms with Crippen molar-refractivity contribution >= 4 is 5.82 Å². The molecule has 19 heavy (non-hydrogen) atoms. The molecule has 0 spiro atoms. The second kappa shape index (κ2) is 4.84. The first kappa shape index (κ1) is 13.3. The van der Waals surface area contributed by atoms with Crippen LogP contribution in [0.2, 0.25) is 0 Å². The minimum absolute atomic E-state index is 0.103. The van der Waals surface area contributed by atoms with Crippen LogP contribution in [0.1, 0.15) is 11.5 Å². The van der Waals surface area contributed by atoms with Gasteiger partial charge in [-0.2, -0.15) is 18.3 Å². The molecule has 0 unspecified atom stereocenters. The smallest absolute Gasteiger partial charge is 0.384 e. The van der Waals surface area contributed by atoms with Gasteiger partial charge >= 0.3 is 6.18 Å². The molecule has 0 atom stereocenters. The van der Waals surface area contributed by atoms with Crippen molar-refractivity contribution in [3.63, 3.8) is 0 Å². The number of nitrogens with two attached hydrogens (primary N) is 1. The van der Waals surface area contributed by atoms with Gasteiger partial charge in [-0.1, -0.05) is 0 Å². The van der Waals surface area contributed by atoms with Gasteiger partial charge in [-0.05, 0) is 6.07 Å². The van der Waals surface area contributed by atoms with Crippen molar-refractivity contribution in [3.8, 4) is 5.82 Å². The lowest BCUT2D eigenvalue weighted by Crippen LogP contribution is -2.10. The highest BCUT2D eigenvalue weighted by Crippen LogP contribution is 2.27. The zero-order valence-electron chi connectivity index (χ0n) is 9.85. The number of nitrogen functional groups attached to an aromatic ring is 1. The van der Waals surface area contributed by atoms with Gasteiger partial charge in [-0.15, -0.1) is 0 Å². The molecule has 0 aliphatic rings. The molecule has 0 bridgehead atoms. The number of rotatable bonds is 3. The summed E-state index contributed by atoms with van der Waals surface area (Å²) in [7, 11) is 1.45. The average molecular weight is 273 g/mol. The summed E-state index contributed by atoms with van der Waals surface area (Å²) < 4.78 is 43.2. The first-order valence-electron chi connectivity index (χ1n) is 5.16. The summed E-state index contributed by atoms with van der Waals surface area (Å²) in [6, 6.07) is 2.18. The maximum atomic E-state index is 12.4. The molecule has 0 aliphatic carbocycles. The Kier molecular flexibility index (Phi) is 3.38. The molecule has 2 aromatic rings. The topological polar surface area (TPSA) is 78.9 Å². The number of ether oxygens (including phenoxy) is 1. The van der Waals surface area contributed by atoms with Gasteiger partial charge in [0.1, 0.15) is 12.4 Å². The Bertz CT molecular complexity index is 581. The van der Waals surface area contributed by atoms with E-state index in [2.05, 4.69) is 15.1 Å². The summed E-state index contributed by atoms with van der Waals surface area (Å²) >= 11 is 0. The molecule has 0 aliphatic heterocycles. The second-order valence-electron chi connectivity index (χ2n) is 3.64. The van der Waals surface area contributed by atoms with Gasteiger partial charge < -0.3 is 10.5 Å². The molecule has 0 radical (unpaired) electrons. The third-order valence-corrected chi connectivity index (χ3v) is 2.17. The predicted molar refractivity (Wildman–Crippen MR) is 59.3 cm³/mol. The molecule has 2 N–H and O–H groups in total. The highest BCUT2D eigenvalue weighted by Gasteiger charge is 2.33. The van der Waals surface area contributed by atoms with Crippen LogP contribution in [0.25, 0.3) is 5.82 Å². The molecule has 2 aromatic heterocycles. The van der Waals surface area contributed by atoms with Crippen LogP contribution in [0.3, 0.4) is 0 Å². The van der Waals surface area contributed by atoms with Crippen LogP contribution >= 0.6 is 0 Å². The number of anilines is 1. The number of halogens is 3. The van der Waals surface area contributed by atoms with Gasteiger partial charge in [-0.25, -0.2) is 14.6 Å². The molecule has 0 saturated carbocycles. The summed E-state index contributed by atoms with van der Waals surface area (Å²) in [6.45, 7) is 0.103. The molecular weight excluding hydrogens is 263 g/mol. The Morgan fingerprint density at radius 3 is 2.68 bits per heavy atom. The highest BCUT2D eigenvalue weighted by molar-refractivity contribution is 5.37. The van der Waals surface area contributed by atoms with Crippen LogP contribution in [-0.4, -0.2) is 26.9 Å². The van der Waals surface area contributed by atoms with Crippen LogP contribution in [0, 0.1) is 0 Å². The zero-order valence-corrected chi connectivity index (χ0v) is 9.85. The Balaban J connectivity index is 2.38. The lowest BCUT2D eigenvalue weighted by molar-refractivity contribution is -0.141. The number of hydrogen-bond donors (Lipinski definition) is 1. The Morgan fingerprint density at radius 2 is 2.11 bits per heavy atom. The first-order valence-corrected chi connectivity index (χ1v) is 5.16. The Hall–Kier alpha value is -2.16. The van der Waals surface area contributed by atoms with E-state index in [1.807, 2.05) is 0 Å². The normalized spacial score (nSPS) is 11.8. The van der Waals surface area contributed by atoms with Gasteiger partial charge in [0.25, 0.3) is 0 Å². The lowest BCUT2D eigenvalue weighted by Gasteiger charge is -2.05. The van der Waals surface area contributed by atoms with Crippen molar-refractivity contribution in [2.45, 2.75) is 12.8 Å². The van der Waals surface area contributed by atoms with Crippen LogP contribution in [0.4, 0.5) is 19.0 Å². The molecule has 0 saturated heterocycles. The maximum Gasteiger partial charge on any atom is 0.435 e. The SMILES string of the molecule is COCc1nc(N)cc(-n2ccc(C(F)(F)F)n2)n1. The summed E-state index contributed by atoms with van der Waals surface area (Å²) in [4.78, 5) is 7.89. The molecule has 6 nitrogen and oxygen atoms in total. The molecule has 9 heteroatoms. The van der Waals surface area contributed by atoms with Crippen LogP contribution in [0.5, 0.6) is 0 Å². The average Bonchev–Trinajstić information content (AvgIpc) is 2.77. The largest absolute Gasteiger partial charge is 0.435 e. The van der Waals surface area contributed by atoms with E-state index >= 15 is 0 Å². The van der Waals surface area contributed by atoms with Gasteiger partial charge in [0.15, 0.2) is 17.3 Å². The van der Waals surface area contributed by atoms with E-state index in [1.165, 1.54) is 13.2 Å². The molecular formula is C10H10F3N5O. The minimum Gasteiger partial charge on any atom is -0.384 e. The number of aromatic nitrogens is 4. The van der Waals surface area contributed by atoms with E-state index in [-0.39, 0.29) is 24.1 Å². The third kappa shape index (κ3) is 2.99. The number of hydrogen-bond acceptors (Lipinski definition) is 5. The number of alkyl halides is 3. The summed E-state index contributed by atoms with van der Waals surface area (Å²) in [6.07, 6.45) is -3.35. The van der Waals surface area contributed by atoms with E-state index in [0.717, 1.165) is 16.9 Å². The predicted octanol–water partition coefficient (Wildman–Crippen LogP) is 1.41. The summed E-state index contributed by atoms with van der Waals surface area (Å²) in [5.74, 6) is 0.540. The van der Waals surface area contributed by atoms with E-state index in [1.54, 1.807) is 0 Å². The fourth-order valence-corrected chi connectivity index (χ4v) is 1.42. The van der Waals surface area contributed by atoms with Crippen LogP contribution in [0.15, 0.2) is 18.3 Å². The van der Waals surface area contributed by atoms with Crippen molar-refractivity contribution in [2.24, 2.45) is 0 Å². The van der Waals surface area contributed by atoms with Crippen molar-refractivity contribution in [2.75, 3.05) is 12.8 Å². The Morgan fingerprint density at radius 1 is 1.37 bits per heavy atom. The number of nitrogens with zero attached hydrogens (tertiary/aromatic N) is 4. The standard InChI is InChI=1S/C10H10F3N5O/c1-19-5-8-15-7(14)4-9(16-8)18-3-2-6(17-18)10(11,12)13/h2-4H,5H2,1H3,(H2,14,15,16). The van der Waals surface area contributed by atoms with Gasteiger partial charge in [0, 0.05) is 19.4 Å². The summed E-state index contributed by atoms with van der Waals surface area (Å²) in [5, 5.41) is 3.40. The second-order valence-corrected chi connectivity index (χ2v) is 3.64. The maximum absolute atomic E-state index is 12.4. The van der Waals surface area contributed by atoms with E-state index in [4.69, 9.17) is 10.5 Å². The minimum atomic E-state index is -4.50. The zero-order chi connectivity index (χ0) is 14.0.